The summed E-state index contributed by atoms with van der Waals surface area (Å²) >= 11 is 6.64. The summed E-state index contributed by atoms with van der Waals surface area (Å²) in [6, 6.07) is 24.5. The Bertz CT molecular complexity index is 1730. The number of carboxylic acid groups (broad SMARTS) is 1. The largest absolute Gasteiger partial charge is 0.506 e. The van der Waals surface area contributed by atoms with Crippen LogP contribution in [0, 0.1) is 5.82 Å². The Morgan fingerprint density at radius 3 is 2.46 bits per heavy atom. The fraction of sp³-hybridized carbons (Fsp3) is 0.0667. The molecule has 0 spiro atoms. The second kappa shape index (κ2) is 12.5. The number of anilines is 1. The van der Waals surface area contributed by atoms with Gasteiger partial charge in [-0.3, -0.25) is 9.78 Å². The van der Waals surface area contributed by atoms with Gasteiger partial charge in [-0.2, -0.15) is 0 Å². The third-order valence-electron chi connectivity index (χ3n) is 5.85. The van der Waals surface area contributed by atoms with Gasteiger partial charge in [-0.15, -0.1) is 11.3 Å². The van der Waals surface area contributed by atoms with Crippen LogP contribution in [-0.2, 0) is 22.6 Å². The number of thiocarbonyl (C=S) groups is 1. The number of hydrogen-bond acceptors (Lipinski definition) is 7. The molecule has 0 saturated heterocycles. The van der Waals surface area contributed by atoms with Crippen LogP contribution in [0.15, 0.2) is 91.1 Å². The van der Waals surface area contributed by atoms with Gasteiger partial charge in [-0.05, 0) is 47.1 Å². The topological polar surface area (TPSA) is 110 Å². The monoisotopic (exact) mass is 587 g/mol. The number of halogens is 1. The molecule has 1 amide bonds. The second-order valence-electron chi connectivity index (χ2n) is 8.80. The summed E-state index contributed by atoms with van der Waals surface area (Å²) in [5.41, 5.74) is 3.53. The quantitative estimate of drug-likeness (QED) is 0.130. The summed E-state index contributed by atoms with van der Waals surface area (Å²) in [6.45, 7) is -0.0316. The van der Waals surface area contributed by atoms with Crippen molar-refractivity contribution in [1.29, 1.82) is 0 Å². The zero-order chi connectivity index (χ0) is 28.8. The maximum Gasteiger partial charge on any atom is 0.506 e. The third kappa shape index (κ3) is 7.21. The SMILES string of the molecule is O=C(Cc1ccccc1)NC(=S)Nc1ccc(Oc2ccnc3cc(-c4ccc(COC(=O)O)cc4)sc23)c(F)c1. The first-order chi connectivity index (χ1) is 19.8. The van der Waals surface area contributed by atoms with E-state index in [0.29, 0.717) is 17.0 Å². The highest BCUT2D eigenvalue weighted by atomic mass is 32.1. The molecule has 2 aromatic heterocycles. The zero-order valence-electron chi connectivity index (χ0n) is 21.3. The van der Waals surface area contributed by atoms with Crippen molar-refractivity contribution in [2.45, 2.75) is 13.0 Å². The Morgan fingerprint density at radius 2 is 1.73 bits per heavy atom. The lowest BCUT2D eigenvalue weighted by Crippen LogP contribution is -2.35. The van der Waals surface area contributed by atoms with Gasteiger partial charge >= 0.3 is 6.16 Å². The van der Waals surface area contributed by atoms with Crippen LogP contribution < -0.4 is 15.4 Å². The molecule has 41 heavy (non-hydrogen) atoms. The summed E-state index contributed by atoms with van der Waals surface area (Å²) in [4.78, 5) is 28.2. The minimum atomic E-state index is -1.33. The first-order valence-corrected chi connectivity index (χ1v) is 13.5. The molecule has 5 aromatic rings. The van der Waals surface area contributed by atoms with Crippen LogP contribution in [0.2, 0.25) is 0 Å². The van der Waals surface area contributed by atoms with E-state index in [2.05, 4.69) is 20.4 Å². The lowest BCUT2D eigenvalue weighted by atomic mass is 10.1. The number of rotatable bonds is 8. The van der Waals surface area contributed by atoms with Gasteiger partial charge in [0.05, 0.1) is 16.6 Å². The number of thiophene rings is 1. The summed E-state index contributed by atoms with van der Waals surface area (Å²) < 4.78 is 26.3. The van der Waals surface area contributed by atoms with E-state index in [1.54, 1.807) is 30.5 Å². The summed E-state index contributed by atoms with van der Waals surface area (Å²) in [7, 11) is 0. The van der Waals surface area contributed by atoms with Gasteiger partial charge in [0.25, 0.3) is 0 Å². The molecule has 11 heteroatoms. The Kier molecular flexibility index (Phi) is 8.47. The molecule has 8 nitrogen and oxygen atoms in total. The fourth-order valence-corrected chi connectivity index (χ4v) is 5.24. The molecule has 5 rings (SSSR count). The average molecular weight is 588 g/mol. The number of nitrogens with one attached hydrogen (secondary N) is 2. The smallest absolute Gasteiger partial charge is 0.453 e. The highest BCUT2D eigenvalue weighted by molar-refractivity contribution is 7.80. The highest BCUT2D eigenvalue weighted by Crippen LogP contribution is 2.39. The van der Waals surface area contributed by atoms with E-state index in [0.717, 1.165) is 26.3 Å². The fourth-order valence-electron chi connectivity index (χ4n) is 3.94. The van der Waals surface area contributed by atoms with Gasteiger partial charge in [0.1, 0.15) is 12.4 Å². The predicted molar refractivity (Wildman–Crippen MR) is 159 cm³/mol. The first-order valence-electron chi connectivity index (χ1n) is 12.3. The number of aromatic nitrogens is 1. The Hall–Kier alpha value is -4.87. The molecule has 0 saturated carbocycles. The van der Waals surface area contributed by atoms with Crippen molar-refractivity contribution in [2.75, 3.05) is 5.32 Å². The molecule has 0 aliphatic carbocycles. The number of nitrogens with zero attached hydrogens (tertiary/aromatic N) is 1. The lowest BCUT2D eigenvalue weighted by Gasteiger charge is -2.12. The van der Waals surface area contributed by atoms with Crippen molar-refractivity contribution in [3.63, 3.8) is 0 Å². The van der Waals surface area contributed by atoms with Gasteiger partial charge in [-0.1, -0.05) is 54.6 Å². The Morgan fingerprint density at radius 1 is 0.951 bits per heavy atom. The summed E-state index contributed by atoms with van der Waals surface area (Å²) in [5.74, 6) is -0.440. The normalized spacial score (nSPS) is 10.7. The van der Waals surface area contributed by atoms with Crippen LogP contribution in [0.3, 0.4) is 0 Å². The molecule has 0 unspecified atom stereocenters. The van der Waals surface area contributed by atoms with Gasteiger partial charge in [0, 0.05) is 28.9 Å². The van der Waals surface area contributed by atoms with E-state index in [-0.39, 0.29) is 29.8 Å². The number of fused-ring (bicyclic) bond motifs is 1. The lowest BCUT2D eigenvalue weighted by molar-refractivity contribution is -0.119. The van der Waals surface area contributed by atoms with Crippen LogP contribution in [0.1, 0.15) is 11.1 Å². The minimum absolute atomic E-state index is 0.0137. The van der Waals surface area contributed by atoms with Crippen molar-refractivity contribution >= 4 is 56.6 Å². The third-order valence-corrected chi connectivity index (χ3v) is 7.24. The van der Waals surface area contributed by atoms with Crippen molar-refractivity contribution in [2.24, 2.45) is 0 Å². The number of benzene rings is 3. The minimum Gasteiger partial charge on any atom is -0.453 e. The molecule has 0 aliphatic rings. The standard InChI is InChI=1S/C30H22FN3O5S2/c31-22-15-21(33-29(40)34-27(35)14-18-4-2-1-3-5-18)10-11-24(22)39-25-12-13-32-23-16-26(41-28(23)25)20-8-6-19(7-9-20)17-38-30(36)37/h1-13,15-16H,14,17H2,(H,36,37)(H2,33,34,35,40). The number of carbonyl (C=O) groups is 2. The van der Waals surface area contributed by atoms with Crippen molar-refractivity contribution in [3.8, 4) is 21.9 Å². The van der Waals surface area contributed by atoms with Crippen LogP contribution >= 0.6 is 23.6 Å². The Labute approximate surface area is 243 Å². The summed E-state index contributed by atoms with van der Waals surface area (Å²) in [6.07, 6.45) is 0.429. The molecule has 3 aromatic carbocycles. The van der Waals surface area contributed by atoms with Crippen molar-refractivity contribution in [3.05, 3.63) is 108 Å². The molecule has 0 aliphatic heterocycles. The van der Waals surface area contributed by atoms with Crippen LogP contribution in [0.4, 0.5) is 14.9 Å². The molecule has 0 bridgehead atoms. The number of amides is 1. The number of hydrogen-bond donors (Lipinski definition) is 3. The first kappa shape index (κ1) is 27.7. The molecule has 3 N–H and O–H groups in total. The van der Waals surface area contributed by atoms with Crippen LogP contribution in [0.25, 0.3) is 20.7 Å². The molecule has 2 heterocycles. The molecule has 206 valence electrons. The van der Waals surface area contributed by atoms with E-state index >= 15 is 4.39 Å². The van der Waals surface area contributed by atoms with E-state index in [9.17, 15) is 9.59 Å². The maximum atomic E-state index is 15.0. The molecular weight excluding hydrogens is 565 g/mol. The molecule has 0 fully saturated rings. The highest BCUT2D eigenvalue weighted by Gasteiger charge is 2.14. The van der Waals surface area contributed by atoms with Gasteiger partial charge in [0.2, 0.25) is 5.91 Å². The number of ether oxygens (including phenoxy) is 2. The zero-order valence-corrected chi connectivity index (χ0v) is 22.9. The Balaban J connectivity index is 1.25. The number of pyridine rings is 1. The molecular formula is C30H22FN3O5S2. The van der Waals surface area contributed by atoms with Gasteiger partial charge in [0.15, 0.2) is 16.7 Å². The average Bonchev–Trinajstić information content (AvgIpc) is 3.39. The van der Waals surface area contributed by atoms with E-state index in [1.165, 1.54) is 23.5 Å². The van der Waals surface area contributed by atoms with Crippen molar-refractivity contribution < 1.29 is 28.6 Å². The van der Waals surface area contributed by atoms with E-state index in [1.807, 2.05) is 48.5 Å². The van der Waals surface area contributed by atoms with E-state index < -0.39 is 12.0 Å². The van der Waals surface area contributed by atoms with Gasteiger partial charge < -0.3 is 25.2 Å². The predicted octanol–water partition coefficient (Wildman–Crippen LogP) is 7.15. The maximum absolute atomic E-state index is 15.0. The van der Waals surface area contributed by atoms with Gasteiger partial charge in [-0.25, -0.2) is 9.18 Å². The van der Waals surface area contributed by atoms with Crippen LogP contribution in [-0.4, -0.2) is 27.3 Å². The molecule has 0 atom stereocenters. The van der Waals surface area contributed by atoms with Crippen LogP contribution in [0.5, 0.6) is 11.5 Å². The molecule has 0 radical (unpaired) electrons. The number of carbonyl (C=O) groups excluding carboxylic acids is 1. The van der Waals surface area contributed by atoms with E-state index in [4.69, 9.17) is 22.1 Å². The second-order valence-corrected chi connectivity index (χ2v) is 10.3. The summed E-state index contributed by atoms with van der Waals surface area (Å²) in [5, 5.41) is 14.1. The van der Waals surface area contributed by atoms with Crippen molar-refractivity contribution in [1.82, 2.24) is 10.3 Å².